The predicted octanol–water partition coefficient (Wildman–Crippen LogP) is 4.68. The molecule has 2 heterocycles. The van der Waals surface area contributed by atoms with Crippen molar-refractivity contribution in [1.29, 1.82) is 0 Å². The number of pyridine rings is 1. The molecule has 2 atom stereocenters. The molecule has 2 aliphatic rings. The van der Waals surface area contributed by atoms with E-state index in [1.54, 1.807) is 0 Å². The molecule has 3 N–H and O–H groups in total. The largest absolute Gasteiger partial charge is 0.433 e. The van der Waals surface area contributed by atoms with Gasteiger partial charge in [-0.3, -0.25) is 14.4 Å². The molecule has 0 radical (unpaired) electrons. The second-order valence-corrected chi connectivity index (χ2v) is 8.90. The number of Topliss-reactive ketones (excluding diaryl/α,β-unsaturated/α-hetero) is 1. The Hall–Kier alpha value is -4.02. The van der Waals surface area contributed by atoms with Gasteiger partial charge in [0.05, 0.1) is 22.3 Å². The molecule has 5 rings (SSSR count). The molecule has 2 aromatic carbocycles. The highest BCUT2D eigenvalue weighted by molar-refractivity contribution is 6.52. The monoisotopic (exact) mass is 500 g/mol. The van der Waals surface area contributed by atoms with Crippen LogP contribution in [0.4, 0.5) is 28.9 Å². The van der Waals surface area contributed by atoms with E-state index in [0.717, 1.165) is 18.2 Å². The number of aromatic nitrogens is 1. The van der Waals surface area contributed by atoms with Crippen LogP contribution in [0.25, 0.3) is 10.9 Å². The van der Waals surface area contributed by atoms with Crippen molar-refractivity contribution in [2.24, 2.45) is 0 Å². The molecule has 1 saturated carbocycles. The normalized spacial score (nSPS) is 19.7. The molecule has 1 aliphatic carbocycles. The Labute approximate surface area is 202 Å². The van der Waals surface area contributed by atoms with Crippen LogP contribution in [0, 0.1) is 5.82 Å². The Morgan fingerprint density at radius 2 is 1.83 bits per heavy atom. The average Bonchev–Trinajstić information content (AvgIpc) is 3.12. The summed E-state index contributed by atoms with van der Waals surface area (Å²) in [6.07, 6.45) is -2.29. The molecule has 0 bridgehead atoms. The second kappa shape index (κ2) is 8.89. The number of rotatable bonds is 4. The van der Waals surface area contributed by atoms with Gasteiger partial charge < -0.3 is 16.0 Å². The molecular weight excluding hydrogens is 480 g/mol. The van der Waals surface area contributed by atoms with E-state index in [4.69, 9.17) is 0 Å². The van der Waals surface area contributed by atoms with Gasteiger partial charge in [0.25, 0.3) is 17.6 Å². The van der Waals surface area contributed by atoms with Gasteiger partial charge in [-0.25, -0.2) is 9.37 Å². The summed E-state index contributed by atoms with van der Waals surface area (Å²) in [6.45, 7) is 0. The van der Waals surface area contributed by atoms with Crippen LogP contribution in [0.3, 0.4) is 0 Å². The van der Waals surface area contributed by atoms with Crippen LogP contribution in [-0.4, -0.2) is 34.7 Å². The molecule has 0 unspecified atom stereocenters. The summed E-state index contributed by atoms with van der Waals surface area (Å²) in [5.74, 6) is -2.57. The molecule has 7 nitrogen and oxygen atoms in total. The highest BCUT2D eigenvalue weighted by Gasteiger charge is 2.35. The van der Waals surface area contributed by atoms with E-state index in [9.17, 15) is 31.9 Å². The number of amides is 2. The van der Waals surface area contributed by atoms with Crippen LogP contribution >= 0.6 is 0 Å². The quantitative estimate of drug-likeness (QED) is 0.357. The third-order valence-corrected chi connectivity index (χ3v) is 6.43. The van der Waals surface area contributed by atoms with Crippen LogP contribution in [0.2, 0.25) is 0 Å². The van der Waals surface area contributed by atoms with Crippen LogP contribution < -0.4 is 16.0 Å². The number of carbonyl (C=O) groups is 3. The Balaban J connectivity index is 1.35. The van der Waals surface area contributed by atoms with Gasteiger partial charge in [0.15, 0.2) is 0 Å². The summed E-state index contributed by atoms with van der Waals surface area (Å²) in [5, 5.41) is 8.65. The van der Waals surface area contributed by atoms with Crippen molar-refractivity contribution < 1.29 is 31.9 Å². The lowest BCUT2D eigenvalue weighted by atomic mass is 9.90. The fourth-order valence-corrected chi connectivity index (χ4v) is 4.76. The van der Waals surface area contributed by atoms with Crippen molar-refractivity contribution in [1.82, 2.24) is 10.3 Å². The maximum atomic E-state index is 13.9. The van der Waals surface area contributed by atoms with Crippen molar-refractivity contribution in [3.05, 3.63) is 65.1 Å². The van der Waals surface area contributed by atoms with Crippen LogP contribution in [0.1, 0.15) is 52.1 Å². The minimum atomic E-state index is -4.67. The number of para-hydroxylation sites is 1. The molecule has 2 amide bonds. The zero-order chi connectivity index (χ0) is 25.6. The van der Waals surface area contributed by atoms with E-state index in [1.165, 1.54) is 24.3 Å². The summed E-state index contributed by atoms with van der Waals surface area (Å²) < 4.78 is 54.1. The average molecular weight is 500 g/mol. The lowest BCUT2D eigenvalue weighted by molar-refractivity contribution is -0.140. The first kappa shape index (κ1) is 23.7. The van der Waals surface area contributed by atoms with Gasteiger partial charge in [-0.05, 0) is 62.1 Å². The zero-order valence-corrected chi connectivity index (χ0v) is 18.7. The smallest absolute Gasteiger partial charge is 0.382 e. The van der Waals surface area contributed by atoms with E-state index in [0.29, 0.717) is 25.7 Å². The molecule has 0 spiro atoms. The van der Waals surface area contributed by atoms with E-state index in [1.807, 2.05) is 0 Å². The molecule has 186 valence electrons. The van der Waals surface area contributed by atoms with Crippen molar-refractivity contribution in [3.8, 4) is 0 Å². The molecule has 1 aromatic heterocycles. The molecule has 0 saturated heterocycles. The number of nitrogens with zero attached hydrogens (tertiary/aromatic N) is 1. The number of anilines is 2. The van der Waals surface area contributed by atoms with Crippen LogP contribution in [0.5, 0.6) is 0 Å². The Morgan fingerprint density at radius 1 is 1.06 bits per heavy atom. The summed E-state index contributed by atoms with van der Waals surface area (Å²) >= 11 is 0. The number of alkyl halides is 3. The maximum Gasteiger partial charge on any atom is 0.433 e. The fraction of sp³-hybridized carbons (Fsp3) is 0.280. The van der Waals surface area contributed by atoms with Gasteiger partial charge in [0, 0.05) is 23.2 Å². The summed E-state index contributed by atoms with van der Waals surface area (Å²) in [6, 6.07) is 8.16. The molecule has 11 heteroatoms. The lowest BCUT2D eigenvalue weighted by Crippen LogP contribution is -2.42. The first-order chi connectivity index (χ1) is 17.1. The van der Waals surface area contributed by atoms with Gasteiger partial charge in [-0.15, -0.1) is 0 Å². The Bertz CT molecular complexity index is 1410. The van der Waals surface area contributed by atoms with Crippen LogP contribution in [0.15, 0.2) is 42.5 Å². The molecule has 1 aliphatic heterocycles. The minimum absolute atomic E-state index is 0.0175. The molecular formula is C25H20F4N4O3. The summed E-state index contributed by atoms with van der Waals surface area (Å²) in [5.41, 5.74) is -0.491. The lowest BCUT2D eigenvalue weighted by Gasteiger charge is -2.31. The van der Waals surface area contributed by atoms with Crippen molar-refractivity contribution in [3.63, 3.8) is 0 Å². The second-order valence-electron chi connectivity index (χ2n) is 8.90. The number of benzene rings is 2. The number of ketones is 1. The van der Waals surface area contributed by atoms with Gasteiger partial charge in [0.1, 0.15) is 11.5 Å². The maximum absolute atomic E-state index is 13.9. The topological polar surface area (TPSA) is 100 Å². The Kier molecular flexibility index (Phi) is 5.85. The number of nitrogens with one attached hydrogen (secondary N) is 3. The van der Waals surface area contributed by atoms with Crippen molar-refractivity contribution >= 4 is 39.9 Å². The van der Waals surface area contributed by atoms with E-state index >= 15 is 0 Å². The fourth-order valence-electron chi connectivity index (χ4n) is 4.76. The first-order valence-corrected chi connectivity index (χ1v) is 11.3. The van der Waals surface area contributed by atoms with E-state index in [-0.39, 0.29) is 45.5 Å². The highest BCUT2D eigenvalue weighted by Crippen LogP contribution is 2.35. The molecule has 1 fully saturated rings. The third kappa shape index (κ3) is 4.48. The van der Waals surface area contributed by atoms with E-state index in [2.05, 4.69) is 20.9 Å². The zero-order valence-electron chi connectivity index (χ0n) is 18.7. The SMILES string of the molecule is O=C1Nc2c(C(=O)N[C@@H]3CCC[C@H](Nc4cc(C(F)(F)F)nc5ccc(F)cc45)C3)cccc2C1=O. The number of fused-ring (bicyclic) bond motifs is 2. The standard InChI is InChI=1S/C25H20F4N4O3/c26-12-7-8-18-17(9-12)19(11-20(32-18)25(27,28)29)30-13-3-1-4-14(10-13)31-23(35)16-6-2-5-15-21(16)33-24(36)22(15)34/h2,5-9,11,13-14H,1,3-4,10H2,(H,30,32)(H,31,35)(H,33,34,36)/t13-,14+/m0/s1. The first-order valence-electron chi connectivity index (χ1n) is 11.3. The number of hydrogen-bond donors (Lipinski definition) is 3. The number of carbonyl (C=O) groups excluding carboxylic acids is 3. The predicted molar refractivity (Wildman–Crippen MR) is 123 cm³/mol. The summed E-state index contributed by atoms with van der Waals surface area (Å²) in [4.78, 5) is 40.2. The number of halogens is 4. The van der Waals surface area contributed by atoms with Gasteiger partial charge in [-0.2, -0.15) is 13.2 Å². The van der Waals surface area contributed by atoms with Gasteiger partial charge in [0.2, 0.25) is 0 Å². The minimum Gasteiger partial charge on any atom is -0.382 e. The van der Waals surface area contributed by atoms with Crippen LogP contribution in [-0.2, 0) is 11.0 Å². The van der Waals surface area contributed by atoms with Gasteiger partial charge >= 0.3 is 6.18 Å². The Morgan fingerprint density at radius 3 is 2.61 bits per heavy atom. The third-order valence-electron chi connectivity index (χ3n) is 6.43. The van der Waals surface area contributed by atoms with Crippen molar-refractivity contribution in [2.75, 3.05) is 10.6 Å². The number of hydrogen-bond acceptors (Lipinski definition) is 5. The van der Waals surface area contributed by atoms with E-state index < -0.39 is 35.3 Å². The van der Waals surface area contributed by atoms with Gasteiger partial charge in [-0.1, -0.05) is 6.07 Å². The summed E-state index contributed by atoms with van der Waals surface area (Å²) in [7, 11) is 0. The van der Waals surface area contributed by atoms with Crippen molar-refractivity contribution in [2.45, 2.75) is 43.9 Å². The molecule has 36 heavy (non-hydrogen) atoms. The molecule has 3 aromatic rings. The highest BCUT2D eigenvalue weighted by atomic mass is 19.4.